The molecule has 0 amide bonds. The highest BCUT2D eigenvalue weighted by molar-refractivity contribution is 14.0. The van der Waals surface area contributed by atoms with Gasteiger partial charge in [-0.3, -0.25) is 0 Å². The van der Waals surface area contributed by atoms with E-state index in [9.17, 15) is 0 Å². The van der Waals surface area contributed by atoms with Crippen molar-refractivity contribution in [2.45, 2.75) is 32.1 Å². The van der Waals surface area contributed by atoms with Crippen molar-refractivity contribution in [3.05, 3.63) is 12.4 Å². The molecule has 0 aromatic heterocycles. The van der Waals surface area contributed by atoms with Crippen LogP contribution < -0.4 is 0 Å². The van der Waals surface area contributed by atoms with Crippen LogP contribution in [0, 0.1) is 5.92 Å². The highest BCUT2D eigenvalue weighted by atomic mass is 127. The summed E-state index contributed by atoms with van der Waals surface area (Å²) in [7, 11) is 2.14. The Morgan fingerprint density at radius 1 is 1.14 bits per heavy atom. The fourth-order valence-electron chi connectivity index (χ4n) is 2.41. The molecule has 0 unspecified atom stereocenters. The lowest BCUT2D eigenvalue weighted by molar-refractivity contribution is 0.226. The summed E-state index contributed by atoms with van der Waals surface area (Å²) in [6.07, 6.45) is 11.7. The van der Waals surface area contributed by atoms with Crippen LogP contribution in [0.25, 0.3) is 0 Å². The van der Waals surface area contributed by atoms with E-state index in [2.05, 4.69) is 29.2 Å². The van der Waals surface area contributed by atoms with E-state index < -0.39 is 0 Å². The Bertz CT molecular complexity index is 188. The van der Waals surface area contributed by atoms with Gasteiger partial charge in [0, 0.05) is 26.0 Å². The fourth-order valence-corrected chi connectivity index (χ4v) is 2.41. The van der Waals surface area contributed by atoms with Gasteiger partial charge in [0.25, 0.3) is 0 Å². The highest BCUT2D eigenvalue weighted by Gasteiger charge is 2.17. The molecule has 1 saturated carbocycles. The van der Waals surface area contributed by atoms with Gasteiger partial charge in [0.1, 0.15) is 0 Å². The van der Waals surface area contributed by atoms with Gasteiger partial charge in [-0.2, -0.15) is 0 Å². The molecule has 1 heterocycles. The van der Waals surface area contributed by atoms with Gasteiger partial charge in [-0.25, -0.2) is 0 Å². The monoisotopic (exact) mass is 308 g/mol. The number of rotatable bonds is 2. The molecule has 0 spiro atoms. The minimum atomic E-state index is 0. The maximum absolute atomic E-state index is 2.44. The van der Waals surface area contributed by atoms with E-state index in [1.807, 2.05) is 0 Å². The molecule has 0 saturated heterocycles. The van der Waals surface area contributed by atoms with Crippen molar-refractivity contribution < 1.29 is 0 Å². The van der Waals surface area contributed by atoms with Crippen molar-refractivity contribution in [2.75, 3.05) is 20.3 Å². The zero-order valence-corrected chi connectivity index (χ0v) is 11.3. The Labute approximate surface area is 104 Å². The van der Waals surface area contributed by atoms with Crippen LogP contribution in [0.1, 0.15) is 32.1 Å². The lowest BCUT2D eigenvalue weighted by Gasteiger charge is -2.27. The first kappa shape index (κ1) is 12.1. The molecule has 2 rings (SSSR count). The van der Waals surface area contributed by atoms with Gasteiger partial charge in [-0.05, 0) is 18.8 Å². The summed E-state index contributed by atoms with van der Waals surface area (Å²) in [6.45, 7) is 2.37. The molecule has 0 aromatic carbocycles. The molecule has 0 aromatic rings. The molecule has 3 heteroatoms. The lowest BCUT2D eigenvalue weighted by atomic mass is 9.89. The maximum Gasteiger partial charge on any atom is 0.0890 e. The van der Waals surface area contributed by atoms with Crippen LogP contribution in [0.15, 0.2) is 12.4 Å². The van der Waals surface area contributed by atoms with Crippen LogP contribution in [0.5, 0.6) is 0 Å². The topological polar surface area (TPSA) is 6.48 Å². The number of nitrogens with zero attached hydrogens (tertiary/aromatic N) is 2. The summed E-state index contributed by atoms with van der Waals surface area (Å²) in [5.74, 6) is 0.963. The van der Waals surface area contributed by atoms with E-state index in [-0.39, 0.29) is 24.0 Å². The zero-order chi connectivity index (χ0) is 9.10. The summed E-state index contributed by atoms with van der Waals surface area (Å²) in [5.41, 5.74) is 0. The molecule has 82 valence electrons. The summed E-state index contributed by atoms with van der Waals surface area (Å²) in [6, 6.07) is 0. The van der Waals surface area contributed by atoms with E-state index in [1.165, 1.54) is 38.6 Å². The molecular weight excluding hydrogens is 287 g/mol. The number of halogens is 1. The molecule has 2 nitrogen and oxygen atoms in total. The highest BCUT2D eigenvalue weighted by Crippen LogP contribution is 2.25. The van der Waals surface area contributed by atoms with Crippen LogP contribution in [0.3, 0.4) is 0 Å². The minimum Gasteiger partial charge on any atom is -0.362 e. The van der Waals surface area contributed by atoms with Gasteiger partial charge in [0.2, 0.25) is 0 Å². The van der Waals surface area contributed by atoms with Gasteiger partial charge < -0.3 is 9.80 Å². The third kappa shape index (κ3) is 3.33. The van der Waals surface area contributed by atoms with Crippen LogP contribution in [-0.4, -0.2) is 30.1 Å². The number of hydrogen-bond acceptors (Lipinski definition) is 2. The Morgan fingerprint density at radius 2 is 1.86 bits per heavy atom. The van der Waals surface area contributed by atoms with Crippen LogP contribution >= 0.6 is 24.0 Å². The van der Waals surface area contributed by atoms with E-state index in [1.54, 1.807) is 0 Å². The van der Waals surface area contributed by atoms with Crippen molar-refractivity contribution in [3.8, 4) is 0 Å². The smallest absolute Gasteiger partial charge is 0.0890 e. The Balaban J connectivity index is 0.000000980. The molecular formula is C11H21IN2. The molecule has 1 aliphatic carbocycles. The quantitative estimate of drug-likeness (QED) is 0.724. The SMILES string of the molecule is CN1C=CN(CC2CCCCC2)C1.I. The predicted molar refractivity (Wildman–Crippen MR) is 70.5 cm³/mol. The molecule has 1 aliphatic heterocycles. The van der Waals surface area contributed by atoms with Crippen molar-refractivity contribution in [1.82, 2.24) is 9.80 Å². The van der Waals surface area contributed by atoms with Crippen molar-refractivity contribution in [3.63, 3.8) is 0 Å². The molecule has 1 fully saturated rings. The summed E-state index contributed by atoms with van der Waals surface area (Å²) >= 11 is 0. The van der Waals surface area contributed by atoms with E-state index >= 15 is 0 Å². The summed E-state index contributed by atoms with van der Waals surface area (Å²) < 4.78 is 0. The van der Waals surface area contributed by atoms with Crippen LogP contribution in [-0.2, 0) is 0 Å². The first-order chi connectivity index (χ1) is 6.34. The van der Waals surface area contributed by atoms with Gasteiger partial charge in [-0.15, -0.1) is 24.0 Å². The fraction of sp³-hybridized carbons (Fsp3) is 0.818. The molecule has 2 aliphatic rings. The van der Waals surface area contributed by atoms with Gasteiger partial charge in [0.05, 0.1) is 6.67 Å². The first-order valence-electron chi connectivity index (χ1n) is 5.47. The Kier molecular flexibility index (Phi) is 5.06. The minimum absolute atomic E-state index is 0. The number of hydrogen-bond donors (Lipinski definition) is 0. The van der Waals surface area contributed by atoms with Crippen molar-refractivity contribution >= 4 is 24.0 Å². The lowest BCUT2D eigenvalue weighted by Crippen LogP contribution is -2.28. The van der Waals surface area contributed by atoms with E-state index in [0.29, 0.717) is 0 Å². The second kappa shape index (κ2) is 5.83. The van der Waals surface area contributed by atoms with Gasteiger partial charge in [-0.1, -0.05) is 19.3 Å². The zero-order valence-electron chi connectivity index (χ0n) is 8.98. The van der Waals surface area contributed by atoms with Gasteiger partial charge in [0.15, 0.2) is 0 Å². The van der Waals surface area contributed by atoms with Crippen molar-refractivity contribution in [2.24, 2.45) is 5.92 Å². The first-order valence-corrected chi connectivity index (χ1v) is 5.47. The molecule has 0 radical (unpaired) electrons. The largest absolute Gasteiger partial charge is 0.362 e. The maximum atomic E-state index is 2.44. The van der Waals surface area contributed by atoms with Crippen LogP contribution in [0.2, 0.25) is 0 Å². The van der Waals surface area contributed by atoms with E-state index in [0.717, 1.165) is 12.6 Å². The second-order valence-electron chi connectivity index (χ2n) is 4.47. The molecule has 0 bridgehead atoms. The normalized spacial score (nSPS) is 22.6. The average Bonchev–Trinajstić information content (AvgIpc) is 2.53. The van der Waals surface area contributed by atoms with E-state index in [4.69, 9.17) is 0 Å². The van der Waals surface area contributed by atoms with Crippen molar-refractivity contribution in [1.29, 1.82) is 0 Å². The second-order valence-corrected chi connectivity index (χ2v) is 4.47. The average molecular weight is 308 g/mol. The third-order valence-electron chi connectivity index (χ3n) is 3.15. The summed E-state index contributed by atoms with van der Waals surface area (Å²) in [4.78, 5) is 4.68. The summed E-state index contributed by atoms with van der Waals surface area (Å²) in [5, 5.41) is 0. The van der Waals surface area contributed by atoms with Gasteiger partial charge >= 0.3 is 0 Å². The standard InChI is InChI=1S/C11H20N2.HI/c1-12-7-8-13(10-12)9-11-5-3-2-4-6-11;/h7-8,11H,2-6,9-10H2,1H3;1H. The molecule has 14 heavy (non-hydrogen) atoms. The molecule has 0 N–H and O–H groups in total. The third-order valence-corrected chi connectivity index (χ3v) is 3.15. The van der Waals surface area contributed by atoms with Crippen LogP contribution in [0.4, 0.5) is 0 Å². The molecule has 0 atom stereocenters. The Morgan fingerprint density at radius 3 is 2.43 bits per heavy atom. The predicted octanol–water partition coefficient (Wildman–Crippen LogP) is 2.86. The Hall–Kier alpha value is 0.0700.